The summed E-state index contributed by atoms with van der Waals surface area (Å²) in [6.07, 6.45) is 0. The SMILES string of the molecule is CC(C)(C)Oc1cccc(CN=C(N)N2CCSCC2)n1. The van der Waals surface area contributed by atoms with Crippen LogP contribution in [-0.4, -0.2) is 46.0 Å². The molecule has 0 amide bonds. The first-order chi connectivity index (χ1) is 9.94. The third-order valence-electron chi connectivity index (χ3n) is 2.93. The topological polar surface area (TPSA) is 63.7 Å². The van der Waals surface area contributed by atoms with Gasteiger partial charge >= 0.3 is 0 Å². The van der Waals surface area contributed by atoms with Crippen molar-refractivity contribution in [2.24, 2.45) is 10.7 Å². The Kier molecular flexibility index (Phi) is 5.33. The molecule has 5 nitrogen and oxygen atoms in total. The number of hydrogen-bond acceptors (Lipinski definition) is 4. The number of pyridine rings is 1. The van der Waals surface area contributed by atoms with E-state index in [2.05, 4.69) is 14.9 Å². The normalized spacial score (nSPS) is 16.9. The smallest absolute Gasteiger partial charge is 0.214 e. The molecule has 0 spiro atoms. The van der Waals surface area contributed by atoms with E-state index in [-0.39, 0.29) is 5.60 Å². The van der Waals surface area contributed by atoms with Crippen LogP contribution in [0.1, 0.15) is 26.5 Å². The molecule has 0 unspecified atom stereocenters. The molecule has 1 aromatic heterocycles. The maximum absolute atomic E-state index is 6.04. The van der Waals surface area contributed by atoms with Gasteiger partial charge in [0.2, 0.25) is 5.88 Å². The van der Waals surface area contributed by atoms with Crippen LogP contribution >= 0.6 is 11.8 Å². The molecule has 116 valence electrons. The number of thioether (sulfide) groups is 1. The summed E-state index contributed by atoms with van der Waals surface area (Å²) >= 11 is 1.96. The molecule has 1 aliphatic rings. The maximum Gasteiger partial charge on any atom is 0.214 e. The highest BCUT2D eigenvalue weighted by molar-refractivity contribution is 7.99. The van der Waals surface area contributed by atoms with Gasteiger partial charge in [-0.25, -0.2) is 9.98 Å². The fraction of sp³-hybridized carbons (Fsp3) is 0.600. The summed E-state index contributed by atoms with van der Waals surface area (Å²) in [5.41, 5.74) is 6.66. The first kappa shape index (κ1) is 15.9. The van der Waals surface area contributed by atoms with Crippen molar-refractivity contribution in [1.82, 2.24) is 9.88 Å². The van der Waals surface area contributed by atoms with Gasteiger partial charge in [0.25, 0.3) is 0 Å². The number of ether oxygens (including phenoxy) is 1. The lowest BCUT2D eigenvalue weighted by molar-refractivity contribution is 0.124. The van der Waals surface area contributed by atoms with E-state index in [0.29, 0.717) is 18.4 Å². The molecule has 2 rings (SSSR count). The number of nitrogens with two attached hydrogens (primary N) is 1. The molecule has 21 heavy (non-hydrogen) atoms. The van der Waals surface area contributed by atoms with Crippen molar-refractivity contribution in [3.05, 3.63) is 23.9 Å². The molecule has 0 aliphatic carbocycles. The Balaban J connectivity index is 1.97. The summed E-state index contributed by atoms with van der Waals surface area (Å²) in [7, 11) is 0. The van der Waals surface area contributed by atoms with E-state index >= 15 is 0 Å². The van der Waals surface area contributed by atoms with Crippen LogP contribution in [-0.2, 0) is 6.54 Å². The molecule has 1 aromatic rings. The van der Waals surface area contributed by atoms with E-state index in [1.165, 1.54) is 0 Å². The molecule has 2 N–H and O–H groups in total. The van der Waals surface area contributed by atoms with Crippen LogP contribution in [0.5, 0.6) is 5.88 Å². The maximum atomic E-state index is 6.04. The van der Waals surface area contributed by atoms with Gasteiger partial charge in [-0.3, -0.25) is 0 Å². The van der Waals surface area contributed by atoms with Crippen molar-refractivity contribution in [1.29, 1.82) is 0 Å². The van der Waals surface area contributed by atoms with Crippen LogP contribution in [0.2, 0.25) is 0 Å². The fourth-order valence-corrected chi connectivity index (χ4v) is 2.87. The first-order valence-electron chi connectivity index (χ1n) is 7.21. The molecular formula is C15H24N4OS. The summed E-state index contributed by atoms with van der Waals surface area (Å²) in [6.45, 7) is 8.45. The van der Waals surface area contributed by atoms with Gasteiger partial charge in [0, 0.05) is 30.7 Å². The van der Waals surface area contributed by atoms with E-state index in [1.54, 1.807) is 0 Å². The Morgan fingerprint density at radius 1 is 1.38 bits per heavy atom. The second-order valence-electron chi connectivity index (χ2n) is 5.96. The van der Waals surface area contributed by atoms with Gasteiger partial charge in [-0.05, 0) is 26.8 Å². The molecule has 1 aliphatic heterocycles. The minimum atomic E-state index is -0.251. The molecule has 6 heteroatoms. The average molecular weight is 308 g/mol. The van der Waals surface area contributed by atoms with Crippen molar-refractivity contribution < 1.29 is 4.74 Å². The first-order valence-corrected chi connectivity index (χ1v) is 8.37. The lowest BCUT2D eigenvalue weighted by Gasteiger charge is -2.27. The number of aromatic nitrogens is 1. The van der Waals surface area contributed by atoms with Crippen LogP contribution in [0.4, 0.5) is 0 Å². The molecular weight excluding hydrogens is 284 g/mol. The molecule has 0 bridgehead atoms. The van der Waals surface area contributed by atoms with Gasteiger partial charge < -0.3 is 15.4 Å². The molecule has 0 saturated carbocycles. The summed E-state index contributed by atoms with van der Waals surface area (Å²) in [5, 5.41) is 0. The number of aliphatic imine (C=N–C) groups is 1. The van der Waals surface area contributed by atoms with Gasteiger partial charge in [0.05, 0.1) is 12.2 Å². The number of rotatable bonds is 3. The Labute approximate surface area is 131 Å². The minimum Gasteiger partial charge on any atom is -0.472 e. The van der Waals surface area contributed by atoms with Gasteiger partial charge in [-0.15, -0.1) is 0 Å². The van der Waals surface area contributed by atoms with Gasteiger partial charge in [-0.1, -0.05) is 6.07 Å². The lowest BCUT2D eigenvalue weighted by Crippen LogP contribution is -2.42. The number of hydrogen-bond donors (Lipinski definition) is 1. The van der Waals surface area contributed by atoms with Crippen molar-refractivity contribution in [3.8, 4) is 5.88 Å². The van der Waals surface area contributed by atoms with Crippen LogP contribution in [0.25, 0.3) is 0 Å². The molecule has 1 saturated heterocycles. The van der Waals surface area contributed by atoms with Crippen LogP contribution in [0, 0.1) is 0 Å². The van der Waals surface area contributed by atoms with Crippen molar-refractivity contribution >= 4 is 17.7 Å². The Morgan fingerprint density at radius 2 is 2.10 bits per heavy atom. The fourth-order valence-electron chi connectivity index (χ4n) is 1.97. The van der Waals surface area contributed by atoms with Crippen LogP contribution in [0.15, 0.2) is 23.2 Å². The third kappa shape index (κ3) is 5.46. The zero-order chi connectivity index (χ0) is 15.3. The van der Waals surface area contributed by atoms with Crippen LogP contribution < -0.4 is 10.5 Å². The van der Waals surface area contributed by atoms with Gasteiger partial charge in [0.15, 0.2) is 5.96 Å². The van der Waals surface area contributed by atoms with E-state index in [1.807, 2.05) is 50.7 Å². The van der Waals surface area contributed by atoms with E-state index in [0.717, 1.165) is 30.3 Å². The largest absolute Gasteiger partial charge is 0.472 e. The Morgan fingerprint density at radius 3 is 2.76 bits per heavy atom. The molecule has 2 heterocycles. The molecule has 0 aromatic carbocycles. The van der Waals surface area contributed by atoms with Gasteiger partial charge in [-0.2, -0.15) is 11.8 Å². The summed E-state index contributed by atoms with van der Waals surface area (Å²) in [6, 6.07) is 5.74. The lowest BCUT2D eigenvalue weighted by atomic mass is 10.2. The number of nitrogens with zero attached hydrogens (tertiary/aromatic N) is 3. The highest BCUT2D eigenvalue weighted by Crippen LogP contribution is 2.16. The van der Waals surface area contributed by atoms with Crippen molar-refractivity contribution in [3.63, 3.8) is 0 Å². The monoisotopic (exact) mass is 308 g/mol. The molecule has 0 atom stereocenters. The average Bonchev–Trinajstić information content (AvgIpc) is 2.44. The standard InChI is InChI=1S/C15H24N4OS/c1-15(2,3)20-13-6-4-5-12(18-13)11-17-14(16)19-7-9-21-10-8-19/h4-6H,7-11H2,1-3H3,(H2,16,17). The summed E-state index contributed by atoms with van der Waals surface area (Å²) < 4.78 is 5.76. The second-order valence-corrected chi connectivity index (χ2v) is 7.18. The van der Waals surface area contributed by atoms with Crippen molar-refractivity contribution in [2.45, 2.75) is 32.9 Å². The quantitative estimate of drug-likeness (QED) is 0.684. The Bertz CT molecular complexity index is 493. The number of guanidine groups is 1. The van der Waals surface area contributed by atoms with E-state index in [4.69, 9.17) is 10.5 Å². The van der Waals surface area contributed by atoms with E-state index in [9.17, 15) is 0 Å². The zero-order valence-electron chi connectivity index (χ0n) is 13.0. The molecule has 0 radical (unpaired) electrons. The van der Waals surface area contributed by atoms with Crippen molar-refractivity contribution in [2.75, 3.05) is 24.6 Å². The van der Waals surface area contributed by atoms with Gasteiger partial charge in [0.1, 0.15) is 5.60 Å². The molecule has 1 fully saturated rings. The predicted octanol–water partition coefficient (Wildman–Crippen LogP) is 2.12. The predicted molar refractivity (Wildman–Crippen MR) is 88.8 cm³/mol. The Hall–Kier alpha value is -1.43. The highest BCUT2D eigenvalue weighted by Gasteiger charge is 2.14. The third-order valence-corrected chi connectivity index (χ3v) is 3.87. The minimum absolute atomic E-state index is 0.251. The highest BCUT2D eigenvalue weighted by atomic mass is 32.2. The van der Waals surface area contributed by atoms with Crippen LogP contribution in [0.3, 0.4) is 0 Å². The second kappa shape index (κ2) is 7.02. The summed E-state index contributed by atoms with van der Waals surface area (Å²) in [5.74, 6) is 3.47. The van der Waals surface area contributed by atoms with E-state index < -0.39 is 0 Å². The zero-order valence-corrected chi connectivity index (χ0v) is 13.8. The summed E-state index contributed by atoms with van der Waals surface area (Å²) in [4.78, 5) is 11.0.